The van der Waals surface area contributed by atoms with E-state index in [1.807, 2.05) is 4.90 Å². The molecule has 0 unspecified atom stereocenters. The van der Waals surface area contributed by atoms with Gasteiger partial charge in [0.2, 0.25) is 5.89 Å². The molecule has 1 aromatic heterocycles. The summed E-state index contributed by atoms with van der Waals surface area (Å²) < 4.78 is 5.66. The molecule has 0 aromatic carbocycles. The Labute approximate surface area is 115 Å². The summed E-state index contributed by atoms with van der Waals surface area (Å²) in [6.45, 7) is 11.8. The predicted molar refractivity (Wildman–Crippen MR) is 75.1 cm³/mol. The van der Waals surface area contributed by atoms with E-state index in [1.54, 1.807) is 0 Å². The number of nitrogens with zero attached hydrogens (tertiary/aromatic N) is 3. The van der Waals surface area contributed by atoms with Crippen LogP contribution in [-0.4, -0.2) is 40.0 Å². The summed E-state index contributed by atoms with van der Waals surface area (Å²) in [7, 11) is 0. The Morgan fingerprint density at radius 2 is 2.00 bits per heavy atom. The zero-order valence-corrected chi connectivity index (χ0v) is 12.6. The third-order valence-corrected chi connectivity index (χ3v) is 2.65. The minimum atomic E-state index is 0.0171. The number of rotatable bonds is 7. The smallest absolute Gasteiger partial charge is 0.318 e. The van der Waals surface area contributed by atoms with Crippen LogP contribution < -0.4 is 10.2 Å². The average Bonchev–Trinajstić information content (AvgIpc) is 2.74. The first kappa shape index (κ1) is 15.9. The van der Waals surface area contributed by atoms with Crippen molar-refractivity contribution in [3.8, 4) is 0 Å². The molecule has 19 heavy (non-hydrogen) atoms. The van der Waals surface area contributed by atoms with E-state index in [9.17, 15) is 0 Å². The molecule has 0 amide bonds. The first-order chi connectivity index (χ1) is 8.83. The zero-order chi connectivity index (χ0) is 14.5. The van der Waals surface area contributed by atoms with E-state index in [0.717, 1.165) is 0 Å². The van der Waals surface area contributed by atoms with Gasteiger partial charge in [-0.2, -0.15) is 0 Å². The van der Waals surface area contributed by atoms with E-state index >= 15 is 0 Å². The molecule has 0 saturated carbocycles. The van der Waals surface area contributed by atoms with Gasteiger partial charge in [0.25, 0.3) is 0 Å². The summed E-state index contributed by atoms with van der Waals surface area (Å²) in [5.41, 5.74) is 0.0171. The fourth-order valence-corrected chi connectivity index (χ4v) is 1.59. The first-order valence-electron chi connectivity index (χ1n) is 6.78. The van der Waals surface area contributed by atoms with E-state index in [0.29, 0.717) is 31.4 Å². The van der Waals surface area contributed by atoms with Crippen LogP contribution in [0.2, 0.25) is 0 Å². The maximum Gasteiger partial charge on any atom is 0.318 e. The van der Waals surface area contributed by atoms with Gasteiger partial charge in [0.15, 0.2) is 0 Å². The van der Waals surface area contributed by atoms with Crippen molar-refractivity contribution in [1.29, 1.82) is 0 Å². The number of nitrogens with one attached hydrogen (secondary N) is 1. The van der Waals surface area contributed by atoms with Crippen molar-refractivity contribution in [3.63, 3.8) is 0 Å². The molecular weight excluding hydrogens is 244 g/mol. The van der Waals surface area contributed by atoms with Crippen LogP contribution in [0.1, 0.15) is 46.9 Å². The highest BCUT2D eigenvalue weighted by Crippen LogP contribution is 2.16. The van der Waals surface area contributed by atoms with Gasteiger partial charge in [-0.25, -0.2) is 0 Å². The van der Waals surface area contributed by atoms with E-state index in [-0.39, 0.29) is 18.2 Å². The zero-order valence-electron chi connectivity index (χ0n) is 12.6. The fourth-order valence-electron chi connectivity index (χ4n) is 1.59. The Morgan fingerprint density at radius 1 is 1.32 bits per heavy atom. The number of aliphatic hydroxyl groups is 1. The molecule has 0 fully saturated rings. The molecule has 0 aliphatic rings. The quantitative estimate of drug-likeness (QED) is 0.783. The van der Waals surface area contributed by atoms with Gasteiger partial charge in [-0.3, -0.25) is 0 Å². The summed E-state index contributed by atoms with van der Waals surface area (Å²) in [5, 5.41) is 20.4. The van der Waals surface area contributed by atoms with Gasteiger partial charge in [-0.15, -0.1) is 5.10 Å². The predicted octanol–water partition coefficient (Wildman–Crippen LogP) is 1.55. The van der Waals surface area contributed by atoms with E-state index in [4.69, 9.17) is 9.52 Å². The van der Waals surface area contributed by atoms with Crippen LogP contribution >= 0.6 is 0 Å². The van der Waals surface area contributed by atoms with Gasteiger partial charge in [0.1, 0.15) is 0 Å². The van der Waals surface area contributed by atoms with Crippen LogP contribution in [0.25, 0.3) is 0 Å². The highest BCUT2D eigenvalue weighted by molar-refractivity contribution is 5.25. The van der Waals surface area contributed by atoms with Crippen molar-refractivity contribution in [3.05, 3.63) is 5.89 Å². The Morgan fingerprint density at radius 3 is 2.53 bits per heavy atom. The number of aliphatic hydroxyl groups excluding tert-OH is 1. The van der Waals surface area contributed by atoms with Gasteiger partial charge in [-0.05, 0) is 41.0 Å². The summed E-state index contributed by atoms with van der Waals surface area (Å²) in [6.07, 6.45) is 0.691. The molecule has 0 saturated heterocycles. The second-order valence-electron chi connectivity index (χ2n) is 5.95. The van der Waals surface area contributed by atoms with Gasteiger partial charge in [-0.1, -0.05) is 5.10 Å². The largest absolute Gasteiger partial charge is 0.407 e. The lowest BCUT2D eigenvalue weighted by Crippen LogP contribution is -2.35. The standard InChI is InChI=1S/C13H26N4O2/c1-10(2)17(7-6-8-18)12-16-15-11(19-12)9-14-13(3,4)5/h10,14,18H,6-9H2,1-5H3. The lowest BCUT2D eigenvalue weighted by molar-refractivity contribution is 0.287. The van der Waals surface area contributed by atoms with Crippen LogP contribution in [-0.2, 0) is 6.54 Å². The van der Waals surface area contributed by atoms with Crippen LogP contribution in [0.3, 0.4) is 0 Å². The Kier molecular flexibility index (Phi) is 5.75. The van der Waals surface area contributed by atoms with Crippen molar-refractivity contribution in [2.75, 3.05) is 18.1 Å². The van der Waals surface area contributed by atoms with Gasteiger partial charge >= 0.3 is 6.01 Å². The highest BCUT2D eigenvalue weighted by atomic mass is 16.4. The van der Waals surface area contributed by atoms with Gasteiger partial charge in [0.05, 0.1) is 6.54 Å². The molecule has 0 radical (unpaired) electrons. The molecule has 6 nitrogen and oxygen atoms in total. The van der Waals surface area contributed by atoms with E-state index < -0.39 is 0 Å². The van der Waals surface area contributed by atoms with Crippen LogP contribution in [0, 0.1) is 0 Å². The lowest BCUT2D eigenvalue weighted by atomic mass is 10.1. The van der Waals surface area contributed by atoms with Crippen molar-refractivity contribution in [1.82, 2.24) is 15.5 Å². The molecule has 0 atom stereocenters. The Hall–Kier alpha value is -1.14. The molecule has 0 bridgehead atoms. The molecule has 110 valence electrons. The second kappa shape index (κ2) is 6.86. The molecule has 0 aliphatic carbocycles. The third kappa shape index (κ3) is 5.57. The molecule has 6 heteroatoms. The van der Waals surface area contributed by atoms with Gasteiger partial charge < -0.3 is 19.7 Å². The van der Waals surface area contributed by atoms with Crippen LogP contribution in [0.15, 0.2) is 4.42 Å². The molecule has 2 N–H and O–H groups in total. The van der Waals surface area contributed by atoms with E-state index in [2.05, 4.69) is 50.1 Å². The Bertz CT molecular complexity index is 371. The normalized spacial score (nSPS) is 12.2. The van der Waals surface area contributed by atoms with Crippen LogP contribution in [0.5, 0.6) is 0 Å². The van der Waals surface area contributed by atoms with Gasteiger partial charge in [0, 0.05) is 24.7 Å². The number of anilines is 1. The summed E-state index contributed by atoms with van der Waals surface area (Å²) >= 11 is 0. The monoisotopic (exact) mass is 270 g/mol. The minimum Gasteiger partial charge on any atom is -0.407 e. The van der Waals surface area contributed by atoms with Crippen molar-refractivity contribution in [2.24, 2.45) is 0 Å². The lowest BCUT2D eigenvalue weighted by Gasteiger charge is -2.23. The van der Waals surface area contributed by atoms with Crippen molar-refractivity contribution in [2.45, 2.75) is 59.2 Å². The fraction of sp³-hybridized carbons (Fsp3) is 0.846. The number of hydrogen-bond donors (Lipinski definition) is 2. The average molecular weight is 270 g/mol. The third-order valence-electron chi connectivity index (χ3n) is 2.65. The molecule has 0 spiro atoms. The molecular formula is C13H26N4O2. The number of aromatic nitrogens is 2. The topological polar surface area (TPSA) is 74.4 Å². The Balaban J connectivity index is 2.65. The summed E-state index contributed by atoms with van der Waals surface area (Å²) in [4.78, 5) is 2.00. The summed E-state index contributed by atoms with van der Waals surface area (Å²) in [6, 6.07) is 0.782. The van der Waals surface area contributed by atoms with Crippen LogP contribution in [0.4, 0.5) is 6.01 Å². The molecule has 1 aromatic rings. The van der Waals surface area contributed by atoms with Crippen molar-refractivity contribution >= 4 is 6.01 Å². The molecule has 1 rings (SSSR count). The summed E-state index contributed by atoms with van der Waals surface area (Å²) in [5.74, 6) is 0.583. The SMILES string of the molecule is CC(C)N(CCCO)c1nnc(CNC(C)(C)C)o1. The first-order valence-corrected chi connectivity index (χ1v) is 6.78. The molecule has 1 heterocycles. The second-order valence-corrected chi connectivity index (χ2v) is 5.95. The van der Waals surface area contributed by atoms with Crippen molar-refractivity contribution < 1.29 is 9.52 Å². The molecule has 0 aliphatic heterocycles. The highest BCUT2D eigenvalue weighted by Gasteiger charge is 2.18. The minimum absolute atomic E-state index is 0.0171. The number of hydrogen-bond acceptors (Lipinski definition) is 6. The van der Waals surface area contributed by atoms with E-state index in [1.165, 1.54) is 0 Å². The maximum absolute atomic E-state index is 8.92. The maximum atomic E-state index is 8.92.